The molecule has 1 unspecified atom stereocenters. The molecule has 6 nitrogen and oxygen atoms in total. The van der Waals surface area contributed by atoms with Crippen molar-refractivity contribution in [1.29, 1.82) is 0 Å². The third-order valence-corrected chi connectivity index (χ3v) is 8.78. The molecule has 0 radical (unpaired) electrons. The second-order valence-corrected chi connectivity index (χ2v) is 12.1. The molecular weight excluding hydrogens is 469 g/mol. The molecule has 0 bridgehead atoms. The van der Waals surface area contributed by atoms with Crippen LogP contribution in [0.1, 0.15) is 45.1 Å². The summed E-state index contributed by atoms with van der Waals surface area (Å²) in [5.74, 6) is 0.518. The lowest BCUT2D eigenvalue weighted by Gasteiger charge is -2.47. The number of methoxy groups -OCH3 is 1. The van der Waals surface area contributed by atoms with Gasteiger partial charge in [-0.1, -0.05) is 19.9 Å². The van der Waals surface area contributed by atoms with E-state index in [9.17, 15) is 26.7 Å². The molecule has 1 aromatic carbocycles. The summed E-state index contributed by atoms with van der Waals surface area (Å²) in [6.45, 7) is 6.84. The maximum absolute atomic E-state index is 13.5. The second kappa shape index (κ2) is 10.3. The summed E-state index contributed by atoms with van der Waals surface area (Å²) >= 11 is 0. The fourth-order valence-corrected chi connectivity index (χ4v) is 6.36. The summed E-state index contributed by atoms with van der Waals surface area (Å²) in [4.78, 5) is 4.69. The van der Waals surface area contributed by atoms with E-state index in [4.69, 9.17) is 4.74 Å². The van der Waals surface area contributed by atoms with Gasteiger partial charge in [-0.3, -0.25) is 4.90 Å². The molecule has 1 heterocycles. The van der Waals surface area contributed by atoms with Crippen molar-refractivity contribution >= 4 is 15.5 Å². The molecule has 194 valence electrons. The van der Waals surface area contributed by atoms with Gasteiger partial charge in [0.2, 0.25) is 0 Å². The monoisotopic (exact) mass is 506 g/mol. The number of ether oxygens (including phenoxy) is 1. The van der Waals surface area contributed by atoms with Crippen molar-refractivity contribution < 1.29 is 31.4 Å². The fraction of sp³-hybridized carbons (Fsp3) is 0.750. The van der Waals surface area contributed by atoms with Gasteiger partial charge < -0.3 is 14.7 Å². The lowest BCUT2D eigenvalue weighted by molar-refractivity contribution is -0.282. The summed E-state index contributed by atoms with van der Waals surface area (Å²) in [5, 5.41) is 9.53. The molecule has 10 heteroatoms. The van der Waals surface area contributed by atoms with E-state index in [1.54, 1.807) is 12.1 Å². The van der Waals surface area contributed by atoms with Gasteiger partial charge >= 0.3 is 6.18 Å². The second-order valence-electron chi connectivity index (χ2n) is 10.1. The normalized spacial score (nSPS) is 27.4. The van der Waals surface area contributed by atoms with Crippen LogP contribution in [-0.4, -0.2) is 75.8 Å². The zero-order chi connectivity index (χ0) is 25.3. The first kappa shape index (κ1) is 27.2. The molecule has 3 rings (SSSR count). The van der Waals surface area contributed by atoms with E-state index in [2.05, 4.69) is 23.6 Å². The third kappa shape index (κ3) is 5.71. The summed E-state index contributed by atoms with van der Waals surface area (Å²) in [5.41, 5.74) is -0.832. The average Bonchev–Trinajstić information content (AvgIpc) is 2.78. The maximum Gasteiger partial charge on any atom is 0.417 e. The minimum atomic E-state index is -4.35. The van der Waals surface area contributed by atoms with E-state index in [-0.39, 0.29) is 36.3 Å². The fourth-order valence-electron chi connectivity index (χ4n) is 5.42. The lowest BCUT2D eigenvalue weighted by atomic mass is 9.77. The SMILES string of the molecule is CO[C@]1(C(F)(F)F)CC[C@H](CN2CCN(c3ccc(CO)c(S(C)(=O)=O)c3)CC2C(C)C)CC1. The predicted molar refractivity (Wildman–Crippen MR) is 126 cm³/mol. The van der Waals surface area contributed by atoms with Gasteiger partial charge in [-0.2, -0.15) is 13.2 Å². The van der Waals surface area contributed by atoms with Crippen molar-refractivity contribution in [2.45, 2.75) is 68.9 Å². The van der Waals surface area contributed by atoms with E-state index in [1.807, 2.05) is 6.07 Å². The van der Waals surface area contributed by atoms with Crippen LogP contribution in [0, 0.1) is 11.8 Å². The number of anilines is 1. The van der Waals surface area contributed by atoms with Crippen LogP contribution in [0.3, 0.4) is 0 Å². The van der Waals surface area contributed by atoms with Crippen molar-refractivity contribution in [3.05, 3.63) is 23.8 Å². The van der Waals surface area contributed by atoms with Gasteiger partial charge in [-0.15, -0.1) is 0 Å². The lowest BCUT2D eigenvalue weighted by Crippen LogP contribution is -2.57. The number of hydrogen-bond donors (Lipinski definition) is 1. The minimum Gasteiger partial charge on any atom is -0.392 e. The van der Waals surface area contributed by atoms with Gasteiger partial charge in [-0.25, -0.2) is 8.42 Å². The Morgan fingerprint density at radius 3 is 2.35 bits per heavy atom. The van der Waals surface area contributed by atoms with Crippen molar-refractivity contribution in [2.24, 2.45) is 11.8 Å². The number of aliphatic hydroxyl groups excluding tert-OH is 1. The first-order valence-corrected chi connectivity index (χ1v) is 13.7. The van der Waals surface area contributed by atoms with Gasteiger partial charge in [0.25, 0.3) is 0 Å². The van der Waals surface area contributed by atoms with Crippen LogP contribution >= 0.6 is 0 Å². The molecular formula is C24H37F3N2O4S. The highest BCUT2D eigenvalue weighted by atomic mass is 32.2. The number of nitrogens with zero attached hydrogens (tertiary/aromatic N) is 2. The first-order valence-electron chi connectivity index (χ1n) is 11.9. The van der Waals surface area contributed by atoms with Gasteiger partial charge in [-0.05, 0) is 55.2 Å². The highest BCUT2D eigenvalue weighted by molar-refractivity contribution is 7.90. The standard InChI is InChI=1S/C24H37F3N2O4S/c1-17(2)21-15-28(20-6-5-19(16-30)22(13-20)34(4,31)32)11-12-29(21)14-18-7-9-23(33-3,10-8-18)24(25,26)27/h5-6,13,17-18,21,30H,7-12,14-16H2,1-4H3/t18-,21?,23+. The molecule has 1 aromatic rings. The average molecular weight is 507 g/mol. The Morgan fingerprint density at radius 2 is 1.85 bits per heavy atom. The van der Waals surface area contributed by atoms with Crippen molar-refractivity contribution in [3.63, 3.8) is 0 Å². The number of hydrogen-bond acceptors (Lipinski definition) is 6. The van der Waals surface area contributed by atoms with Crippen LogP contribution in [0.15, 0.2) is 23.1 Å². The Bertz CT molecular complexity index is 944. The molecule has 34 heavy (non-hydrogen) atoms. The molecule has 1 saturated carbocycles. The summed E-state index contributed by atoms with van der Waals surface area (Å²) in [6, 6.07) is 5.34. The zero-order valence-electron chi connectivity index (χ0n) is 20.4. The number of benzene rings is 1. The van der Waals surface area contributed by atoms with Gasteiger partial charge in [0, 0.05) is 51.3 Å². The van der Waals surface area contributed by atoms with Crippen molar-refractivity contribution in [3.8, 4) is 0 Å². The molecule has 0 amide bonds. The molecule has 2 aliphatic rings. The predicted octanol–water partition coefficient (Wildman–Crippen LogP) is 3.87. The van der Waals surface area contributed by atoms with Crippen LogP contribution in [0.5, 0.6) is 0 Å². The molecule has 1 aliphatic carbocycles. The largest absolute Gasteiger partial charge is 0.417 e. The van der Waals surface area contributed by atoms with Crippen LogP contribution in [0.4, 0.5) is 18.9 Å². The smallest absolute Gasteiger partial charge is 0.392 e. The van der Waals surface area contributed by atoms with Crippen LogP contribution in [0.25, 0.3) is 0 Å². The molecule has 0 aromatic heterocycles. The number of aliphatic hydroxyl groups is 1. The van der Waals surface area contributed by atoms with E-state index in [1.165, 1.54) is 0 Å². The van der Waals surface area contributed by atoms with Gasteiger partial charge in [0.1, 0.15) is 0 Å². The molecule has 1 aliphatic heterocycles. The first-order chi connectivity index (χ1) is 15.8. The number of halogens is 3. The number of piperazine rings is 1. The molecule has 1 atom stereocenters. The third-order valence-electron chi connectivity index (χ3n) is 7.60. The molecule has 1 saturated heterocycles. The Hall–Kier alpha value is -1.36. The number of sulfone groups is 1. The summed E-state index contributed by atoms with van der Waals surface area (Å²) in [6.07, 6.45) is -2.25. The molecule has 0 spiro atoms. The van der Waals surface area contributed by atoms with E-state index >= 15 is 0 Å². The van der Waals surface area contributed by atoms with E-state index < -0.39 is 21.6 Å². The maximum atomic E-state index is 13.5. The van der Waals surface area contributed by atoms with E-state index in [0.29, 0.717) is 37.4 Å². The van der Waals surface area contributed by atoms with Crippen LogP contribution < -0.4 is 4.90 Å². The van der Waals surface area contributed by atoms with E-state index in [0.717, 1.165) is 32.1 Å². The zero-order valence-corrected chi connectivity index (χ0v) is 21.3. The topological polar surface area (TPSA) is 70.1 Å². The highest BCUT2D eigenvalue weighted by Gasteiger charge is 2.56. The Morgan fingerprint density at radius 1 is 1.21 bits per heavy atom. The molecule has 1 N–H and O–H groups in total. The number of rotatable bonds is 7. The number of alkyl halides is 3. The molecule has 2 fully saturated rings. The summed E-state index contributed by atoms with van der Waals surface area (Å²) in [7, 11) is -2.32. The van der Waals surface area contributed by atoms with Gasteiger partial charge in [0.05, 0.1) is 11.5 Å². The summed E-state index contributed by atoms with van der Waals surface area (Å²) < 4.78 is 69.9. The van der Waals surface area contributed by atoms with Gasteiger partial charge in [0.15, 0.2) is 15.4 Å². The highest BCUT2D eigenvalue weighted by Crippen LogP contribution is 2.45. The van der Waals surface area contributed by atoms with Crippen molar-refractivity contribution in [1.82, 2.24) is 4.90 Å². The van der Waals surface area contributed by atoms with Crippen molar-refractivity contribution in [2.75, 3.05) is 44.4 Å². The quantitative estimate of drug-likeness (QED) is 0.606. The Labute approximate surface area is 201 Å². The van der Waals surface area contributed by atoms with Crippen LogP contribution in [0.2, 0.25) is 0 Å². The van der Waals surface area contributed by atoms with Crippen LogP contribution in [-0.2, 0) is 21.2 Å². The Balaban J connectivity index is 1.70. The Kier molecular flexibility index (Phi) is 8.27. The minimum absolute atomic E-state index is 0.00451.